The molecule has 3 aromatic carbocycles. The number of hydrogen-bond acceptors (Lipinski definition) is 6. The van der Waals surface area contributed by atoms with E-state index in [1.165, 1.54) is 12.7 Å². The number of nitrogens with zero attached hydrogens (tertiary/aromatic N) is 2. The monoisotopic (exact) mass is 500 g/mol. The third-order valence-electron chi connectivity index (χ3n) is 7.68. The number of rotatable bonds is 6. The van der Waals surface area contributed by atoms with Crippen LogP contribution in [0.3, 0.4) is 0 Å². The zero-order chi connectivity index (χ0) is 26.0. The number of carbonyl (C=O) groups excluding carboxylic acids is 2. The molecule has 0 radical (unpaired) electrons. The molecule has 1 saturated heterocycles. The first-order valence-electron chi connectivity index (χ1n) is 12.5. The second kappa shape index (κ2) is 10.3. The van der Waals surface area contributed by atoms with Crippen molar-refractivity contribution in [2.45, 2.75) is 24.8 Å². The van der Waals surface area contributed by atoms with E-state index in [1.54, 1.807) is 20.3 Å². The lowest BCUT2D eigenvalue weighted by molar-refractivity contribution is 0.0600. The molecule has 0 bridgehead atoms. The summed E-state index contributed by atoms with van der Waals surface area (Å²) >= 11 is 0. The van der Waals surface area contributed by atoms with E-state index in [9.17, 15) is 9.59 Å². The van der Waals surface area contributed by atoms with Crippen LogP contribution < -0.4 is 14.4 Å². The van der Waals surface area contributed by atoms with Crippen LogP contribution in [0.4, 0.5) is 5.69 Å². The molecule has 3 aromatic rings. The SMILES string of the molecule is COC(=O)c1ccc(CN2CCC3(CC2)CN(C(=O)c2cccc(OC)c2)c2ccc(OC)cc23)cc1. The number of ether oxygens (including phenoxy) is 3. The van der Waals surface area contributed by atoms with Crippen molar-refractivity contribution in [3.8, 4) is 11.5 Å². The zero-order valence-electron chi connectivity index (χ0n) is 21.5. The van der Waals surface area contributed by atoms with Crippen molar-refractivity contribution in [1.82, 2.24) is 4.90 Å². The van der Waals surface area contributed by atoms with Crippen LogP contribution in [0.1, 0.15) is 44.7 Å². The van der Waals surface area contributed by atoms with Gasteiger partial charge in [0.25, 0.3) is 5.91 Å². The predicted molar refractivity (Wildman–Crippen MR) is 142 cm³/mol. The fourth-order valence-electron chi connectivity index (χ4n) is 5.56. The number of fused-ring (bicyclic) bond motifs is 2. The highest BCUT2D eigenvalue weighted by Gasteiger charge is 2.46. The van der Waals surface area contributed by atoms with Crippen LogP contribution >= 0.6 is 0 Å². The van der Waals surface area contributed by atoms with E-state index in [2.05, 4.69) is 11.0 Å². The zero-order valence-corrected chi connectivity index (χ0v) is 21.5. The van der Waals surface area contributed by atoms with Crippen molar-refractivity contribution in [3.63, 3.8) is 0 Å². The molecule has 2 aliphatic heterocycles. The highest BCUT2D eigenvalue weighted by atomic mass is 16.5. The van der Waals surface area contributed by atoms with Gasteiger partial charge in [-0.3, -0.25) is 9.69 Å². The first-order chi connectivity index (χ1) is 18.0. The van der Waals surface area contributed by atoms with Crippen molar-refractivity contribution in [3.05, 3.63) is 89.0 Å². The highest BCUT2D eigenvalue weighted by Crippen LogP contribution is 2.49. The van der Waals surface area contributed by atoms with Crippen molar-refractivity contribution in [1.29, 1.82) is 0 Å². The van der Waals surface area contributed by atoms with Crippen LogP contribution in [0.2, 0.25) is 0 Å². The van der Waals surface area contributed by atoms with Gasteiger partial charge in [-0.15, -0.1) is 0 Å². The summed E-state index contributed by atoms with van der Waals surface area (Å²) in [6.07, 6.45) is 1.88. The minimum atomic E-state index is -0.324. The molecule has 0 atom stereocenters. The Hall–Kier alpha value is -3.84. The Balaban J connectivity index is 1.35. The van der Waals surface area contributed by atoms with E-state index in [0.717, 1.165) is 49.5 Å². The number of methoxy groups -OCH3 is 3. The summed E-state index contributed by atoms with van der Waals surface area (Å²) in [5, 5.41) is 0. The number of anilines is 1. The van der Waals surface area contributed by atoms with Gasteiger partial charge in [0.05, 0.1) is 26.9 Å². The van der Waals surface area contributed by atoms with Crippen molar-refractivity contribution in [2.24, 2.45) is 0 Å². The Morgan fingerprint density at radius 2 is 1.54 bits per heavy atom. The van der Waals surface area contributed by atoms with Crippen LogP contribution in [0.15, 0.2) is 66.7 Å². The minimum absolute atomic E-state index is 0.0182. The molecule has 37 heavy (non-hydrogen) atoms. The van der Waals surface area contributed by atoms with Crippen LogP contribution in [-0.2, 0) is 16.7 Å². The summed E-state index contributed by atoms with van der Waals surface area (Å²) in [5.74, 6) is 1.13. The van der Waals surface area contributed by atoms with Crippen molar-refractivity contribution in [2.75, 3.05) is 45.9 Å². The number of piperidine rings is 1. The van der Waals surface area contributed by atoms with Crippen molar-refractivity contribution >= 4 is 17.6 Å². The summed E-state index contributed by atoms with van der Waals surface area (Å²) in [6, 6.07) is 21.0. The molecular weight excluding hydrogens is 468 g/mol. The summed E-state index contributed by atoms with van der Waals surface area (Å²) in [4.78, 5) is 29.7. The van der Waals surface area contributed by atoms with Crippen molar-refractivity contribution < 1.29 is 23.8 Å². The van der Waals surface area contributed by atoms with Gasteiger partial charge in [0.1, 0.15) is 11.5 Å². The van der Waals surface area contributed by atoms with Gasteiger partial charge in [-0.05, 0) is 85.6 Å². The maximum Gasteiger partial charge on any atom is 0.337 e. The lowest BCUT2D eigenvalue weighted by atomic mass is 9.74. The molecule has 1 fully saturated rings. The van der Waals surface area contributed by atoms with Gasteiger partial charge in [-0.2, -0.15) is 0 Å². The maximum atomic E-state index is 13.7. The van der Waals surface area contributed by atoms with Gasteiger partial charge in [-0.25, -0.2) is 4.79 Å². The van der Waals surface area contributed by atoms with Crippen LogP contribution in [0.5, 0.6) is 11.5 Å². The van der Waals surface area contributed by atoms with Gasteiger partial charge in [0, 0.05) is 29.8 Å². The molecule has 1 amide bonds. The Kier molecular flexibility index (Phi) is 6.89. The molecule has 7 nitrogen and oxygen atoms in total. The topological polar surface area (TPSA) is 68.3 Å². The summed E-state index contributed by atoms with van der Waals surface area (Å²) < 4.78 is 15.7. The smallest absolute Gasteiger partial charge is 0.337 e. The van der Waals surface area contributed by atoms with Gasteiger partial charge >= 0.3 is 5.97 Å². The molecule has 2 aliphatic rings. The highest BCUT2D eigenvalue weighted by molar-refractivity contribution is 6.08. The molecule has 0 aliphatic carbocycles. The average molecular weight is 501 g/mol. The number of likely N-dealkylation sites (tertiary alicyclic amines) is 1. The average Bonchev–Trinajstić information content (AvgIpc) is 3.26. The van der Waals surface area contributed by atoms with E-state index in [4.69, 9.17) is 14.2 Å². The Bertz CT molecular complexity index is 1300. The molecule has 7 heteroatoms. The number of esters is 1. The van der Waals surface area contributed by atoms with E-state index in [1.807, 2.05) is 59.5 Å². The maximum absolute atomic E-state index is 13.7. The Morgan fingerprint density at radius 1 is 0.838 bits per heavy atom. The van der Waals surface area contributed by atoms with Gasteiger partial charge in [-0.1, -0.05) is 18.2 Å². The third kappa shape index (κ3) is 4.79. The van der Waals surface area contributed by atoms with Gasteiger partial charge in [0.2, 0.25) is 0 Å². The molecule has 5 rings (SSSR count). The standard InChI is InChI=1S/C30H32N2O5/c1-35-24-6-4-5-23(17-24)28(33)32-20-30(26-18-25(36-2)11-12-27(26)32)13-15-31(16-14-30)19-21-7-9-22(10-8-21)29(34)37-3/h4-12,17-18H,13-16,19-20H2,1-3H3. The quantitative estimate of drug-likeness (QED) is 0.458. The molecule has 2 heterocycles. The Morgan fingerprint density at radius 3 is 2.22 bits per heavy atom. The molecule has 0 N–H and O–H groups in total. The van der Waals surface area contributed by atoms with E-state index < -0.39 is 0 Å². The number of hydrogen-bond donors (Lipinski definition) is 0. The molecule has 0 unspecified atom stereocenters. The lowest BCUT2D eigenvalue weighted by Gasteiger charge is -2.40. The first-order valence-corrected chi connectivity index (χ1v) is 12.5. The van der Waals surface area contributed by atoms with E-state index in [-0.39, 0.29) is 17.3 Å². The molecule has 0 saturated carbocycles. The van der Waals surface area contributed by atoms with Gasteiger partial charge in [0.15, 0.2) is 0 Å². The summed E-state index contributed by atoms with van der Waals surface area (Å²) in [5.41, 5.74) is 4.36. The van der Waals surface area contributed by atoms with E-state index in [0.29, 0.717) is 23.4 Å². The fourth-order valence-corrected chi connectivity index (χ4v) is 5.56. The van der Waals surface area contributed by atoms with Crippen LogP contribution in [0.25, 0.3) is 0 Å². The van der Waals surface area contributed by atoms with Crippen LogP contribution in [-0.4, -0.2) is 57.7 Å². The second-order valence-corrected chi connectivity index (χ2v) is 9.75. The third-order valence-corrected chi connectivity index (χ3v) is 7.68. The number of amides is 1. The normalized spacial score (nSPS) is 16.4. The summed E-state index contributed by atoms with van der Waals surface area (Å²) in [6.45, 7) is 3.29. The molecule has 1 spiro atoms. The molecule has 0 aromatic heterocycles. The number of benzene rings is 3. The lowest BCUT2D eigenvalue weighted by Crippen LogP contribution is -2.45. The summed E-state index contributed by atoms with van der Waals surface area (Å²) in [7, 11) is 4.68. The van der Waals surface area contributed by atoms with E-state index >= 15 is 0 Å². The van der Waals surface area contributed by atoms with Crippen LogP contribution in [0, 0.1) is 0 Å². The van der Waals surface area contributed by atoms with Gasteiger partial charge < -0.3 is 19.1 Å². The minimum Gasteiger partial charge on any atom is -0.497 e. The Labute approximate surface area is 217 Å². The first kappa shape index (κ1) is 24.8. The second-order valence-electron chi connectivity index (χ2n) is 9.75. The fraction of sp³-hybridized carbons (Fsp3) is 0.333. The predicted octanol–water partition coefficient (Wildman–Crippen LogP) is 4.68. The number of carbonyl (C=O) groups is 2. The molecule has 192 valence electrons. The molecular formula is C30H32N2O5. The largest absolute Gasteiger partial charge is 0.497 e.